The molecule has 2 N–H and O–H groups in total. The van der Waals surface area contributed by atoms with E-state index in [1.807, 2.05) is 0 Å². The molecule has 1 heterocycles. The summed E-state index contributed by atoms with van der Waals surface area (Å²) in [6.45, 7) is 0. The van der Waals surface area contributed by atoms with E-state index in [2.05, 4.69) is 20.0 Å². The third-order valence-corrected chi connectivity index (χ3v) is 5.14. The molecule has 3 aromatic rings. The number of ketones is 1. The fourth-order valence-corrected chi connectivity index (χ4v) is 3.31. The first-order valence-electron chi connectivity index (χ1n) is 8.49. The number of anilines is 2. The standard InChI is InChI=1S/C20H18N4O4S/c1-28-17-5-2-4-15(14-17)19(25)10-13-21-16-6-8-18(9-7-16)29(26,27)24-20-22-11-3-12-23-20/h2-14,21H,1H3,(H,22,23,24). The summed E-state index contributed by atoms with van der Waals surface area (Å²) in [5.41, 5.74) is 1.12. The van der Waals surface area contributed by atoms with Crippen molar-refractivity contribution < 1.29 is 17.9 Å². The SMILES string of the molecule is COc1cccc(C(=O)C=CNc2ccc(S(=O)(=O)Nc3ncccn3)cc2)c1. The molecule has 0 saturated heterocycles. The molecular formula is C20H18N4O4S. The highest BCUT2D eigenvalue weighted by atomic mass is 32.2. The van der Waals surface area contributed by atoms with Gasteiger partial charge in [-0.3, -0.25) is 4.79 Å². The summed E-state index contributed by atoms with van der Waals surface area (Å²) in [6, 6.07) is 14.5. The Labute approximate surface area is 168 Å². The van der Waals surface area contributed by atoms with Gasteiger partial charge in [0.25, 0.3) is 10.0 Å². The maximum absolute atomic E-state index is 12.3. The first kappa shape index (κ1) is 20.0. The van der Waals surface area contributed by atoms with E-state index in [1.165, 1.54) is 43.9 Å². The van der Waals surface area contributed by atoms with E-state index in [9.17, 15) is 13.2 Å². The molecule has 0 amide bonds. The van der Waals surface area contributed by atoms with Crippen molar-refractivity contribution in [2.75, 3.05) is 17.1 Å². The van der Waals surface area contributed by atoms with Gasteiger partial charge < -0.3 is 10.1 Å². The molecule has 2 aromatic carbocycles. The zero-order chi connectivity index (χ0) is 20.7. The molecular weight excluding hydrogens is 392 g/mol. The molecule has 29 heavy (non-hydrogen) atoms. The van der Waals surface area contributed by atoms with Crippen LogP contribution >= 0.6 is 0 Å². The maximum atomic E-state index is 12.3. The Balaban J connectivity index is 1.63. The second-order valence-corrected chi connectivity index (χ2v) is 7.46. The van der Waals surface area contributed by atoms with Gasteiger partial charge in [-0.2, -0.15) is 0 Å². The number of nitrogens with zero attached hydrogens (tertiary/aromatic N) is 2. The van der Waals surface area contributed by atoms with Crippen molar-refractivity contribution in [1.82, 2.24) is 9.97 Å². The maximum Gasteiger partial charge on any atom is 0.264 e. The van der Waals surface area contributed by atoms with Crippen molar-refractivity contribution in [1.29, 1.82) is 0 Å². The van der Waals surface area contributed by atoms with Gasteiger partial charge in [0.15, 0.2) is 5.78 Å². The topological polar surface area (TPSA) is 110 Å². The second kappa shape index (κ2) is 8.98. The predicted molar refractivity (Wildman–Crippen MR) is 109 cm³/mol. The van der Waals surface area contributed by atoms with Crippen LogP contribution in [0.15, 0.2) is 84.2 Å². The van der Waals surface area contributed by atoms with Crippen molar-refractivity contribution in [3.63, 3.8) is 0 Å². The lowest BCUT2D eigenvalue weighted by Crippen LogP contribution is -2.14. The average molecular weight is 410 g/mol. The van der Waals surface area contributed by atoms with E-state index in [4.69, 9.17) is 4.74 Å². The van der Waals surface area contributed by atoms with Gasteiger partial charge in [-0.25, -0.2) is 23.1 Å². The fraction of sp³-hybridized carbons (Fsp3) is 0.0500. The molecule has 1 aromatic heterocycles. The van der Waals surface area contributed by atoms with Crippen LogP contribution in [0.25, 0.3) is 0 Å². The Morgan fingerprint density at radius 2 is 1.76 bits per heavy atom. The molecule has 0 bridgehead atoms. The fourth-order valence-electron chi connectivity index (χ4n) is 2.35. The largest absolute Gasteiger partial charge is 0.497 e. The molecule has 0 saturated carbocycles. The van der Waals surface area contributed by atoms with Crippen molar-refractivity contribution in [3.05, 3.63) is 84.8 Å². The Morgan fingerprint density at radius 1 is 1.03 bits per heavy atom. The first-order valence-corrected chi connectivity index (χ1v) is 9.97. The third kappa shape index (κ3) is 5.39. The minimum absolute atomic E-state index is 0.00584. The van der Waals surface area contributed by atoms with Gasteiger partial charge in [-0.15, -0.1) is 0 Å². The molecule has 0 unspecified atom stereocenters. The van der Waals surface area contributed by atoms with E-state index < -0.39 is 10.0 Å². The summed E-state index contributed by atoms with van der Waals surface area (Å²) in [6.07, 6.45) is 5.75. The normalized spacial score (nSPS) is 11.2. The molecule has 0 atom stereocenters. The number of carbonyl (C=O) groups excluding carboxylic acids is 1. The van der Waals surface area contributed by atoms with Crippen molar-refractivity contribution in [2.24, 2.45) is 0 Å². The molecule has 148 valence electrons. The molecule has 0 radical (unpaired) electrons. The lowest BCUT2D eigenvalue weighted by Gasteiger charge is -2.07. The predicted octanol–water partition coefficient (Wildman–Crippen LogP) is 3.09. The Bertz CT molecular complexity index is 1110. The molecule has 8 nitrogen and oxygen atoms in total. The van der Waals surface area contributed by atoms with Gasteiger partial charge >= 0.3 is 0 Å². The number of aromatic nitrogens is 2. The van der Waals surface area contributed by atoms with Crippen LogP contribution in [0.3, 0.4) is 0 Å². The van der Waals surface area contributed by atoms with E-state index in [-0.39, 0.29) is 16.6 Å². The number of hydrogen-bond acceptors (Lipinski definition) is 7. The third-order valence-electron chi connectivity index (χ3n) is 3.80. The summed E-state index contributed by atoms with van der Waals surface area (Å²) >= 11 is 0. The van der Waals surface area contributed by atoms with Gasteiger partial charge in [-0.05, 0) is 42.5 Å². The number of sulfonamides is 1. The molecule has 0 aliphatic carbocycles. The van der Waals surface area contributed by atoms with E-state index >= 15 is 0 Å². The highest BCUT2D eigenvalue weighted by Gasteiger charge is 2.15. The number of benzene rings is 2. The van der Waals surface area contributed by atoms with E-state index in [1.54, 1.807) is 42.5 Å². The van der Waals surface area contributed by atoms with Crippen LogP contribution in [0, 0.1) is 0 Å². The zero-order valence-electron chi connectivity index (χ0n) is 15.4. The summed E-state index contributed by atoms with van der Waals surface area (Å²) < 4.78 is 32.1. The number of nitrogens with one attached hydrogen (secondary N) is 2. The highest BCUT2D eigenvalue weighted by molar-refractivity contribution is 7.92. The Morgan fingerprint density at radius 3 is 2.45 bits per heavy atom. The summed E-state index contributed by atoms with van der Waals surface area (Å²) in [7, 11) is -2.26. The Kier molecular flexibility index (Phi) is 6.20. The average Bonchev–Trinajstić information content (AvgIpc) is 2.74. The summed E-state index contributed by atoms with van der Waals surface area (Å²) in [5, 5.41) is 2.93. The van der Waals surface area contributed by atoms with Crippen LogP contribution in [0.4, 0.5) is 11.6 Å². The monoisotopic (exact) mass is 410 g/mol. The molecule has 0 aliphatic rings. The number of rotatable bonds is 8. The van der Waals surface area contributed by atoms with Crippen molar-refractivity contribution >= 4 is 27.4 Å². The van der Waals surface area contributed by atoms with Crippen LogP contribution < -0.4 is 14.8 Å². The molecule has 0 aliphatic heterocycles. The molecule has 0 spiro atoms. The zero-order valence-corrected chi connectivity index (χ0v) is 16.3. The quantitative estimate of drug-likeness (QED) is 0.434. The summed E-state index contributed by atoms with van der Waals surface area (Å²) in [4.78, 5) is 19.9. The molecule has 3 rings (SSSR count). The Hall–Kier alpha value is -3.72. The van der Waals surface area contributed by atoms with Crippen molar-refractivity contribution in [2.45, 2.75) is 4.90 Å². The summed E-state index contributed by atoms with van der Waals surface area (Å²) in [5.74, 6) is 0.403. The number of hydrogen-bond donors (Lipinski definition) is 2. The van der Waals surface area contributed by atoms with Crippen LogP contribution in [0.5, 0.6) is 5.75 Å². The number of carbonyl (C=O) groups is 1. The van der Waals surface area contributed by atoms with Crippen LogP contribution in [-0.2, 0) is 10.0 Å². The van der Waals surface area contributed by atoms with Crippen LogP contribution in [0.1, 0.15) is 10.4 Å². The second-order valence-electron chi connectivity index (χ2n) is 5.78. The minimum atomic E-state index is -3.79. The lowest BCUT2D eigenvalue weighted by molar-refractivity contribution is 0.104. The van der Waals surface area contributed by atoms with Gasteiger partial charge in [0.1, 0.15) is 5.75 Å². The number of ether oxygens (including phenoxy) is 1. The van der Waals surface area contributed by atoms with Crippen LogP contribution in [0.2, 0.25) is 0 Å². The minimum Gasteiger partial charge on any atom is -0.497 e. The number of allylic oxidation sites excluding steroid dienone is 1. The lowest BCUT2D eigenvalue weighted by atomic mass is 10.1. The van der Waals surface area contributed by atoms with E-state index in [0.29, 0.717) is 17.0 Å². The molecule has 0 fully saturated rings. The number of methoxy groups -OCH3 is 1. The van der Waals surface area contributed by atoms with Gasteiger partial charge in [0, 0.05) is 35.9 Å². The van der Waals surface area contributed by atoms with Gasteiger partial charge in [0.05, 0.1) is 12.0 Å². The van der Waals surface area contributed by atoms with E-state index in [0.717, 1.165) is 0 Å². The smallest absolute Gasteiger partial charge is 0.264 e. The van der Waals surface area contributed by atoms with Gasteiger partial charge in [0.2, 0.25) is 5.95 Å². The van der Waals surface area contributed by atoms with Crippen molar-refractivity contribution in [3.8, 4) is 5.75 Å². The van der Waals surface area contributed by atoms with Gasteiger partial charge in [-0.1, -0.05) is 12.1 Å². The first-order chi connectivity index (χ1) is 14.0. The molecule has 9 heteroatoms. The highest BCUT2D eigenvalue weighted by Crippen LogP contribution is 2.17. The van der Waals surface area contributed by atoms with Crippen LogP contribution in [-0.4, -0.2) is 31.3 Å².